The van der Waals surface area contributed by atoms with Gasteiger partial charge < -0.3 is 14.0 Å². The van der Waals surface area contributed by atoms with Crippen molar-refractivity contribution in [3.63, 3.8) is 0 Å². The third kappa shape index (κ3) is 3.91. The first-order valence-electron chi connectivity index (χ1n) is 10.0. The summed E-state index contributed by atoms with van der Waals surface area (Å²) in [6, 6.07) is 11.4. The first-order valence-corrected chi connectivity index (χ1v) is 11.5. The van der Waals surface area contributed by atoms with Crippen LogP contribution in [0.3, 0.4) is 0 Å². The average Bonchev–Trinajstić information content (AvgIpc) is 2.75. The van der Waals surface area contributed by atoms with Gasteiger partial charge in [0.25, 0.3) is 5.56 Å². The van der Waals surface area contributed by atoms with Crippen molar-refractivity contribution in [1.29, 1.82) is 0 Å². The van der Waals surface area contributed by atoms with Gasteiger partial charge in [-0.1, -0.05) is 0 Å². The first kappa shape index (κ1) is 21.7. The number of ether oxygens (including phenoxy) is 2. The number of methoxy groups -OCH3 is 1. The Bertz CT molecular complexity index is 1300. The summed E-state index contributed by atoms with van der Waals surface area (Å²) < 4.78 is 54.0. The van der Waals surface area contributed by atoms with Gasteiger partial charge in [-0.2, -0.15) is 0 Å². The molecule has 0 amide bonds. The van der Waals surface area contributed by atoms with Gasteiger partial charge in [0, 0.05) is 32.7 Å². The van der Waals surface area contributed by atoms with Crippen LogP contribution in [0.15, 0.2) is 63.1 Å². The number of rotatable bonds is 4. The molecule has 2 heterocycles. The molecule has 4 rings (SSSR count). The summed E-state index contributed by atoms with van der Waals surface area (Å²) >= 11 is 0. The van der Waals surface area contributed by atoms with Gasteiger partial charge in [0.2, 0.25) is 9.84 Å². The van der Waals surface area contributed by atoms with Gasteiger partial charge in [-0.05, 0) is 66.8 Å². The average molecular weight is 446 g/mol. The van der Waals surface area contributed by atoms with Crippen LogP contribution in [0.5, 0.6) is 0 Å². The molecular weight excluding hydrogens is 421 g/mol. The maximum Gasteiger partial charge on any atom is 0.250 e. The Hall–Kier alpha value is -2.55. The number of hydrogen-bond donors (Lipinski definition) is 0. The van der Waals surface area contributed by atoms with Gasteiger partial charge in [-0.3, -0.25) is 4.79 Å². The van der Waals surface area contributed by atoms with Crippen LogP contribution in [0.4, 0.5) is 4.39 Å². The summed E-state index contributed by atoms with van der Waals surface area (Å²) in [6.07, 6.45) is 0.217. The highest BCUT2D eigenvalue weighted by molar-refractivity contribution is 7.91. The fourth-order valence-electron chi connectivity index (χ4n) is 4.30. The molecule has 1 fully saturated rings. The number of sulfone groups is 1. The zero-order valence-corrected chi connectivity index (χ0v) is 18.4. The summed E-state index contributed by atoms with van der Waals surface area (Å²) in [6.45, 7) is 2.42. The molecule has 1 aliphatic rings. The van der Waals surface area contributed by atoms with E-state index in [1.807, 2.05) is 6.92 Å². The third-order valence-electron chi connectivity index (χ3n) is 5.99. The van der Waals surface area contributed by atoms with Crippen LogP contribution in [0, 0.1) is 5.82 Å². The van der Waals surface area contributed by atoms with Gasteiger partial charge in [0.15, 0.2) is 0 Å². The number of aryl methyl sites for hydroxylation is 1. The van der Waals surface area contributed by atoms with Crippen molar-refractivity contribution in [3.8, 4) is 0 Å². The predicted molar refractivity (Wildman–Crippen MR) is 115 cm³/mol. The van der Waals surface area contributed by atoms with Crippen molar-refractivity contribution in [3.05, 3.63) is 70.3 Å². The van der Waals surface area contributed by atoms with Crippen LogP contribution in [-0.2, 0) is 26.4 Å². The normalized spacial score (nSPS) is 22.0. The molecule has 6 nitrogen and oxygen atoms in total. The molecule has 2 aromatic carbocycles. The highest BCUT2D eigenvalue weighted by Gasteiger charge is 2.34. The second kappa shape index (κ2) is 8.18. The Balaban J connectivity index is 1.81. The fourth-order valence-corrected chi connectivity index (χ4v) is 5.66. The third-order valence-corrected chi connectivity index (χ3v) is 7.72. The van der Waals surface area contributed by atoms with Gasteiger partial charge in [-0.15, -0.1) is 0 Å². The van der Waals surface area contributed by atoms with E-state index < -0.39 is 15.7 Å². The smallest absolute Gasteiger partial charge is 0.250 e. The van der Waals surface area contributed by atoms with Crippen LogP contribution in [-0.4, -0.2) is 38.9 Å². The van der Waals surface area contributed by atoms with Crippen LogP contribution >= 0.6 is 0 Å². The van der Waals surface area contributed by atoms with Crippen molar-refractivity contribution >= 4 is 20.7 Å². The van der Waals surface area contributed by atoms with E-state index in [1.54, 1.807) is 26.3 Å². The van der Waals surface area contributed by atoms with E-state index in [0.717, 1.165) is 6.07 Å². The molecule has 1 aliphatic heterocycles. The maximum absolute atomic E-state index is 14.6. The second-order valence-electron chi connectivity index (χ2n) is 7.84. The topological polar surface area (TPSA) is 74.6 Å². The lowest BCUT2D eigenvalue weighted by Crippen LogP contribution is -2.37. The summed E-state index contributed by atoms with van der Waals surface area (Å²) in [4.78, 5) is 11.7. The Morgan fingerprint density at radius 3 is 2.61 bits per heavy atom. The van der Waals surface area contributed by atoms with Crippen molar-refractivity contribution in [1.82, 2.24) is 4.57 Å². The fraction of sp³-hybridized carbons (Fsp3) is 0.348. The van der Waals surface area contributed by atoms with Crippen LogP contribution in [0.2, 0.25) is 0 Å². The van der Waals surface area contributed by atoms with E-state index in [1.165, 1.54) is 34.9 Å². The summed E-state index contributed by atoms with van der Waals surface area (Å²) in [5, 5.41) is 0.605. The summed E-state index contributed by atoms with van der Waals surface area (Å²) in [5.74, 6) is -0.915. The molecule has 0 spiro atoms. The van der Waals surface area contributed by atoms with Crippen molar-refractivity contribution in [2.75, 3.05) is 13.7 Å². The Kier molecular flexibility index (Phi) is 5.72. The van der Waals surface area contributed by atoms with Gasteiger partial charge >= 0.3 is 0 Å². The Labute approximate surface area is 180 Å². The Morgan fingerprint density at radius 1 is 1.10 bits per heavy atom. The van der Waals surface area contributed by atoms with E-state index >= 15 is 0 Å². The number of aromatic nitrogens is 1. The number of pyridine rings is 1. The van der Waals surface area contributed by atoms with Crippen molar-refractivity contribution < 1.29 is 22.3 Å². The predicted octanol–water partition coefficient (Wildman–Crippen LogP) is 3.42. The molecule has 3 atom stereocenters. The van der Waals surface area contributed by atoms with E-state index in [4.69, 9.17) is 9.47 Å². The molecule has 0 radical (unpaired) electrons. The number of nitrogens with zero attached hydrogens (tertiary/aromatic N) is 1. The number of fused-ring (bicyclic) bond motifs is 1. The number of hydrogen-bond acceptors (Lipinski definition) is 5. The molecule has 3 unspecified atom stereocenters. The molecule has 0 saturated carbocycles. The highest BCUT2D eigenvalue weighted by Crippen LogP contribution is 2.35. The molecule has 0 N–H and O–H groups in total. The highest BCUT2D eigenvalue weighted by atomic mass is 32.2. The molecule has 8 heteroatoms. The van der Waals surface area contributed by atoms with Crippen LogP contribution < -0.4 is 5.56 Å². The monoisotopic (exact) mass is 445 g/mol. The zero-order chi connectivity index (χ0) is 22.3. The molecule has 0 bridgehead atoms. The lowest BCUT2D eigenvalue weighted by Gasteiger charge is -2.36. The van der Waals surface area contributed by atoms with E-state index in [-0.39, 0.29) is 33.5 Å². The largest absolute Gasteiger partial charge is 0.381 e. The molecule has 1 saturated heterocycles. The van der Waals surface area contributed by atoms with Crippen LogP contribution in [0.25, 0.3) is 10.9 Å². The van der Waals surface area contributed by atoms with E-state index in [0.29, 0.717) is 29.5 Å². The lowest BCUT2D eigenvalue weighted by atomic mass is 9.85. The minimum absolute atomic E-state index is 0.0337. The molecular formula is C23H24FNO5S. The summed E-state index contributed by atoms with van der Waals surface area (Å²) in [7, 11) is -0.773. The standard InChI is InChI=1S/C23H24FNO5S/c1-14-23(21(29-3)8-9-30-14)16-10-17(24)13-19(12-16)31(27,28)18-5-6-20-15(11-18)4-7-22(26)25(20)2/h4-7,10-14,21,23H,8-9H2,1-3H3. The quantitative estimate of drug-likeness (QED) is 0.615. The first-order chi connectivity index (χ1) is 14.7. The molecule has 0 aliphatic carbocycles. The Morgan fingerprint density at radius 2 is 1.87 bits per heavy atom. The maximum atomic E-state index is 14.6. The molecule has 31 heavy (non-hydrogen) atoms. The minimum atomic E-state index is -3.99. The molecule has 3 aromatic rings. The van der Waals surface area contributed by atoms with Crippen molar-refractivity contribution in [2.24, 2.45) is 7.05 Å². The molecule has 164 valence electrons. The zero-order valence-electron chi connectivity index (χ0n) is 17.5. The SMILES string of the molecule is COC1CCOC(C)C1c1cc(F)cc(S(=O)(=O)c2ccc3c(ccc(=O)n3C)c2)c1. The van der Waals surface area contributed by atoms with Gasteiger partial charge in [-0.25, -0.2) is 12.8 Å². The lowest BCUT2D eigenvalue weighted by molar-refractivity contribution is -0.0696. The van der Waals surface area contributed by atoms with E-state index in [9.17, 15) is 17.6 Å². The second-order valence-corrected chi connectivity index (χ2v) is 9.79. The molecule has 1 aromatic heterocycles. The minimum Gasteiger partial charge on any atom is -0.381 e. The van der Waals surface area contributed by atoms with Gasteiger partial charge in [0.05, 0.1) is 27.5 Å². The van der Waals surface area contributed by atoms with Crippen LogP contribution in [0.1, 0.15) is 24.8 Å². The van der Waals surface area contributed by atoms with E-state index in [2.05, 4.69) is 0 Å². The number of benzene rings is 2. The number of halogens is 1. The summed E-state index contributed by atoms with van der Waals surface area (Å²) in [5.41, 5.74) is 0.956. The van der Waals surface area contributed by atoms with Crippen molar-refractivity contribution in [2.45, 2.75) is 41.3 Å². The van der Waals surface area contributed by atoms with Gasteiger partial charge in [0.1, 0.15) is 5.82 Å².